The molecule has 1 aromatic heterocycles. The van der Waals surface area contributed by atoms with Gasteiger partial charge in [-0.3, -0.25) is 4.31 Å². The zero-order valence-electron chi connectivity index (χ0n) is 14.7. The van der Waals surface area contributed by atoms with E-state index in [1.807, 2.05) is 13.0 Å². The van der Waals surface area contributed by atoms with Crippen LogP contribution in [-0.2, 0) is 16.4 Å². The van der Waals surface area contributed by atoms with E-state index in [9.17, 15) is 8.42 Å². The van der Waals surface area contributed by atoms with Crippen LogP contribution in [-0.4, -0.2) is 32.7 Å². The molecule has 136 valence electrons. The van der Waals surface area contributed by atoms with Crippen molar-refractivity contribution >= 4 is 15.7 Å². The lowest BCUT2D eigenvalue weighted by Crippen LogP contribution is -2.26. The van der Waals surface area contributed by atoms with Crippen LogP contribution in [0.2, 0.25) is 0 Å². The fourth-order valence-corrected chi connectivity index (χ4v) is 3.69. The second kappa shape index (κ2) is 7.17. The summed E-state index contributed by atoms with van der Waals surface area (Å²) in [6, 6.07) is 13.4. The van der Waals surface area contributed by atoms with Crippen molar-refractivity contribution in [3.8, 4) is 17.1 Å². The molecule has 0 spiro atoms. The molecule has 0 aliphatic rings. The number of sulfonamides is 1. The number of benzene rings is 2. The monoisotopic (exact) mass is 373 g/mol. The molecule has 0 atom stereocenters. The van der Waals surface area contributed by atoms with Gasteiger partial charge in [0, 0.05) is 13.5 Å². The van der Waals surface area contributed by atoms with Gasteiger partial charge in [-0.2, -0.15) is 4.98 Å². The van der Waals surface area contributed by atoms with Crippen LogP contribution in [0.25, 0.3) is 11.4 Å². The quantitative estimate of drug-likeness (QED) is 0.660. The third-order valence-electron chi connectivity index (χ3n) is 3.96. The Kier molecular flexibility index (Phi) is 4.94. The highest BCUT2D eigenvalue weighted by Gasteiger charge is 2.24. The Morgan fingerprint density at radius 2 is 1.88 bits per heavy atom. The number of aryl methyl sites for hydroxylation is 1. The van der Waals surface area contributed by atoms with Crippen molar-refractivity contribution in [1.29, 1.82) is 0 Å². The average molecular weight is 373 g/mol. The van der Waals surface area contributed by atoms with Crippen LogP contribution in [0.4, 0.5) is 5.69 Å². The summed E-state index contributed by atoms with van der Waals surface area (Å²) in [7, 11) is -0.739. The number of aromatic nitrogens is 2. The maximum atomic E-state index is 13.0. The Labute approximate surface area is 152 Å². The van der Waals surface area contributed by atoms with Crippen LogP contribution in [0.5, 0.6) is 5.75 Å². The molecule has 26 heavy (non-hydrogen) atoms. The van der Waals surface area contributed by atoms with Crippen molar-refractivity contribution in [3.63, 3.8) is 0 Å². The van der Waals surface area contributed by atoms with Crippen molar-refractivity contribution in [3.05, 3.63) is 54.4 Å². The third-order valence-corrected chi connectivity index (χ3v) is 5.74. The standard InChI is InChI=1S/C18H19N3O4S/c1-4-17-19-18(20-25-17)15-12-14(10-11-16(15)24-3)26(22,23)21(2)13-8-6-5-7-9-13/h5-12H,4H2,1-3H3. The number of methoxy groups -OCH3 is 1. The van der Waals surface area contributed by atoms with E-state index in [4.69, 9.17) is 9.26 Å². The Morgan fingerprint density at radius 1 is 1.15 bits per heavy atom. The van der Waals surface area contributed by atoms with Gasteiger partial charge in [0.05, 0.1) is 23.3 Å². The number of para-hydroxylation sites is 1. The summed E-state index contributed by atoms with van der Waals surface area (Å²) in [4.78, 5) is 4.38. The summed E-state index contributed by atoms with van der Waals surface area (Å²) >= 11 is 0. The molecule has 3 aromatic rings. The molecular weight excluding hydrogens is 354 g/mol. The van der Waals surface area contributed by atoms with Crippen LogP contribution in [0.15, 0.2) is 57.9 Å². The number of rotatable bonds is 6. The van der Waals surface area contributed by atoms with E-state index in [0.717, 1.165) is 0 Å². The van der Waals surface area contributed by atoms with E-state index in [-0.39, 0.29) is 10.7 Å². The number of anilines is 1. The Morgan fingerprint density at radius 3 is 2.50 bits per heavy atom. The predicted octanol–water partition coefficient (Wildman–Crippen LogP) is 3.13. The molecule has 2 aromatic carbocycles. The summed E-state index contributed by atoms with van der Waals surface area (Å²) in [5.74, 6) is 1.23. The van der Waals surface area contributed by atoms with E-state index >= 15 is 0 Å². The van der Waals surface area contributed by atoms with Crippen molar-refractivity contribution in [2.24, 2.45) is 0 Å². The van der Waals surface area contributed by atoms with Crippen molar-refractivity contribution in [2.75, 3.05) is 18.5 Å². The first-order valence-electron chi connectivity index (χ1n) is 8.02. The molecule has 1 heterocycles. The Hall–Kier alpha value is -2.87. The fraction of sp³-hybridized carbons (Fsp3) is 0.222. The van der Waals surface area contributed by atoms with Gasteiger partial charge in [0.25, 0.3) is 10.0 Å². The minimum atomic E-state index is -3.75. The molecular formula is C18H19N3O4S. The van der Waals surface area contributed by atoms with Gasteiger partial charge < -0.3 is 9.26 Å². The molecule has 0 aliphatic heterocycles. The molecule has 0 amide bonds. The van der Waals surface area contributed by atoms with Crippen LogP contribution < -0.4 is 9.04 Å². The molecule has 0 fully saturated rings. The van der Waals surface area contributed by atoms with Crippen molar-refractivity contribution in [2.45, 2.75) is 18.2 Å². The first-order valence-corrected chi connectivity index (χ1v) is 9.46. The second-order valence-electron chi connectivity index (χ2n) is 5.54. The van der Waals surface area contributed by atoms with Crippen molar-refractivity contribution < 1.29 is 17.7 Å². The number of ether oxygens (including phenoxy) is 1. The maximum Gasteiger partial charge on any atom is 0.264 e. The normalized spacial score (nSPS) is 11.3. The van der Waals surface area contributed by atoms with Gasteiger partial charge in [0.15, 0.2) is 0 Å². The van der Waals surface area contributed by atoms with Gasteiger partial charge in [0.1, 0.15) is 5.75 Å². The van der Waals surface area contributed by atoms with Gasteiger partial charge in [-0.05, 0) is 30.3 Å². The van der Waals surface area contributed by atoms with Crippen LogP contribution in [0, 0.1) is 0 Å². The van der Waals surface area contributed by atoms with E-state index in [1.54, 1.807) is 30.3 Å². The number of hydrogen-bond acceptors (Lipinski definition) is 6. The molecule has 7 nitrogen and oxygen atoms in total. The molecule has 0 aliphatic carbocycles. The Balaban J connectivity index is 2.07. The largest absolute Gasteiger partial charge is 0.496 e. The van der Waals surface area contributed by atoms with E-state index < -0.39 is 10.0 Å². The highest BCUT2D eigenvalue weighted by atomic mass is 32.2. The van der Waals surface area contributed by atoms with Crippen LogP contribution in [0.3, 0.4) is 0 Å². The number of hydrogen-bond donors (Lipinski definition) is 0. The van der Waals surface area contributed by atoms with Gasteiger partial charge >= 0.3 is 0 Å². The molecule has 3 rings (SSSR count). The molecule has 8 heteroatoms. The second-order valence-corrected chi connectivity index (χ2v) is 7.50. The first kappa shape index (κ1) is 17.9. The van der Waals surface area contributed by atoms with E-state index in [0.29, 0.717) is 29.3 Å². The molecule has 0 saturated heterocycles. The lowest BCUT2D eigenvalue weighted by Gasteiger charge is -2.20. The van der Waals surface area contributed by atoms with Gasteiger partial charge in [-0.1, -0.05) is 30.3 Å². The number of nitrogens with zero attached hydrogens (tertiary/aromatic N) is 3. The van der Waals surface area contributed by atoms with Crippen LogP contribution in [0.1, 0.15) is 12.8 Å². The predicted molar refractivity (Wildman–Crippen MR) is 97.7 cm³/mol. The summed E-state index contributed by atoms with van der Waals surface area (Å²) in [6.07, 6.45) is 0.587. The zero-order valence-corrected chi connectivity index (χ0v) is 15.5. The lowest BCUT2D eigenvalue weighted by atomic mass is 10.2. The zero-order chi connectivity index (χ0) is 18.7. The van der Waals surface area contributed by atoms with Crippen molar-refractivity contribution in [1.82, 2.24) is 10.1 Å². The Bertz CT molecular complexity index is 1000. The molecule has 0 N–H and O–H groups in total. The van der Waals surface area contributed by atoms with Crippen LogP contribution >= 0.6 is 0 Å². The lowest BCUT2D eigenvalue weighted by molar-refractivity contribution is 0.382. The van der Waals surface area contributed by atoms with E-state index in [1.165, 1.54) is 30.6 Å². The fourth-order valence-electron chi connectivity index (χ4n) is 2.46. The summed E-state index contributed by atoms with van der Waals surface area (Å²) in [5.41, 5.74) is 1.02. The van der Waals surface area contributed by atoms with Gasteiger partial charge in [0.2, 0.25) is 11.7 Å². The maximum absolute atomic E-state index is 13.0. The third kappa shape index (κ3) is 3.28. The molecule has 0 unspecified atom stereocenters. The summed E-state index contributed by atoms with van der Waals surface area (Å²) < 4.78 is 37.7. The SMILES string of the molecule is CCc1nc(-c2cc(S(=O)(=O)N(C)c3ccccc3)ccc2OC)no1. The minimum absolute atomic E-state index is 0.113. The smallest absolute Gasteiger partial charge is 0.264 e. The first-order chi connectivity index (χ1) is 12.5. The average Bonchev–Trinajstić information content (AvgIpc) is 3.16. The van der Waals surface area contributed by atoms with E-state index in [2.05, 4.69) is 10.1 Å². The topological polar surface area (TPSA) is 85.5 Å². The highest BCUT2D eigenvalue weighted by Crippen LogP contribution is 2.32. The molecule has 0 radical (unpaired) electrons. The minimum Gasteiger partial charge on any atom is -0.496 e. The van der Waals surface area contributed by atoms with Gasteiger partial charge in [-0.25, -0.2) is 8.42 Å². The summed E-state index contributed by atoms with van der Waals surface area (Å²) in [5, 5.41) is 3.92. The molecule has 0 saturated carbocycles. The van der Waals surface area contributed by atoms with Gasteiger partial charge in [-0.15, -0.1) is 0 Å². The highest BCUT2D eigenvalue weighted by molar-refractivity contribution is 7.92. The molecule has 0 bridgehead atoms. The summed E-state index contributed by atoms with van der Waals surface area (Å²) in [6.45, 7) is 1.89.